The zero-order chi connectivity index (χ0) is 18.4. The van der Waals surface area contributed by atoms with E-state index in [1.807, 2.05) is 25.1 Å². The number of nitrogen functional groups attached to an aromatic ring is 1. The predicted molar refractivity (Wildman–Crippen MR) is 105 cm³/mol. The number of imide groups is 1. The summed E-state index contributed by atoms with van der Waals surface area (Å²) < 4.78 is 0. The first-order chi connectivity index (χ1) is 12.5. The first kappa shape index (κ1) is 18.9. The van der Waals surface area contributed by atoms with Crippen LogP contribution < -0.4 is 10.6 Å². The normalized spacial score (nSPS) is 15.3. The van der Waals surface area contributed by atoms with E-state index in [1.165, 1.54) is 0 Å². The number of hydrogen-bond acceptors (Lipinski definition) is 4. The van der Waals surface area contributed by atoms with E-state index in [2.05, 4.69) is 0 Å². The number of carbonyl (C=O) groups is 3. The van der Waals surface area contributed by atoms with E-state index < -0.39 is 11.8 Å². The Morgan fingerprint density at radius 2 is 1.85 bits per heavy atom. The van der Waals surface area contributed by atoms with Gasteiger partial charge in [-0.3, -0.25) is 19.3 Å². The third-order valence-electron chi connectivity index (χ3n) is 5.01. The van der Waals surface area contributed by atoms with E-state index in [0.29, 0.717) is 23.4 Å². The summed E-state index contributed by atoms with van der Waals surface area (Å²) in [6.07, 6.45) is 1.62. The number of anilines is 2. The van der Waals surface area contributed by atoms with Gasteiger partial charge < -0.3 is 10.6 Å². The monoisotopic (exact) mass is 385 g/mol. The molecule has 2 aromatic carbocycles. The Bertz CT molecular complexity index is 957. The van der Waals surface area contributed by atoms with Gasteiger partial charge in [-0.05, 0) is 49.6 Å². The third-order valence-corrected chi connectivity index (χ3v) is 5.01. The SMILES string of the molecule is Cc1ccc2c(c1)C(=O)N(CC(=O)N1CCCc3c(N)cccc31)C2=O.Cl. The van der Waals surface area contributed by atoms with Gasteiger partial charge in [-0.15, -0.1) is 12.4 Å². The molecule has 3 amide bonds. The Morgan fingerprint density at radius 1 is 1.11 bits per heavy atom. The molecule has 2 aliphatic rings. The van der Waals surface area contributed by atoms with Crippen molar-refractivity contribution in [2.45, 2.75) is 19.8 Å². The average molecular weight is 386 g/mol. The highest BCUT2D eigenvalue weighted by atomic mass is 35.5. The summed E-state index contributed by atoms with van der Waals surface area (Å²) in [5.74, 6) is -1.10. The van der Waals surface area contributed by atoms with Crippen LogP contribution in [-0.2, 0) is 11.2 Å². The zero-order valence-electron chi connectivity index (χ0n) is 14.9. The van der Waals surface area contributed by atoms with Crippen LogP contribution in [0.3, 0.4) is 0 Å². The lowest BCUT2D eigenvalue weighted by molar-refractivity contribution is -0.119. The molecule has 27 heavy (non-hydrogen) atoms. The summed E-state index contributed by atoms with van der Waals surface area (Å²) in [6.45, 7) is 2.15. The molecule has 140 valence electrons. The maximum Gasteiger partial charge on any atom is 0.262 e. The van der Waals surface area contributed by atoms with Gasteiger partial charge in [-0.1, -0.05) is 17.7 Å². The molecule has 0 saturated heterocycles. The first-order valence-corrected chi connectivity index (χ1v) is 8.62. The van der Waals surface area contributed by atoms with Gasteiger partial charge in [0.05, 0.1) is 11.1 Å². The third kappa shape index (κ3) is 3.06. The van der Waals surface area contributed by atoms with E-state index >= 15 is 0 Å². The van der Waals surface area contributed by atoms with Crippen molar-refractivity contribution in [1.29, 1.82) is 0 Å². The van der Waals surface area contributed by atoms with Gasteiger partial charge >= 0.3 is 0 Å². The molecule has 0 aromatic heterocycles. The van der Waals surface area contributed by atoms with Crippen LogP contribution in [0.4, 0.5) is 11.4 Å². The van der Waals surface area contributed by atoms with Gasteiger partial charge in [0.1, 0.15) is 6.54 Å². The maximum absolute atomic E-state index is 12.9. The first-order valence-electron chi connectivity index (χ1n) is 8.62. The smallest absolute Gasteiger partial charge is 0.262 e. The number of amides is 3. The van der Waals surface area contributed by atoms with Crippen molar-refractivity contribution in [3.63, 3.8) is 0 Å². The molecule has 0 fully saturated rings. The highest BCUT2D eigenvalue weighted by Gasteiger charge is 2.38. The second kappa shape index (κ2) is 7.04. The quantitative estimate of drug-likeness (QED) is 0.636. The molecular weight excluding hydrogens is 366 g/mol. The molecule has 7 heteroatoms. The number of halogens is 1. The lowest BCUT2D eigenvalue weighted by Crippen LogP contribution is -2.44. The van der Waals surface area contributed by atoms with Crippen molar-refractivity contribution in [2.75, 3.05) is 23.7 Å². The van der Waals surface area contributed by atoms with Crippen LogP contribution in [0.15, 0.2) is 36.4 Å². The van der Waals surface area contributed by atoms with Crippen LogP contribution in [0.2, 0.25) is 0 Å². The molecule has 0 saturated carbocycles. The summed E-state index contributed by atoms with van der Waals surface area (Å²) in [7, 11) is 0. The minimum atomic E-state index is -0.414. The minimum absolute atomic E-state index is 0. The fourth-order valence-corrected chi connectivity index (χ4v) is 3.68. The predicted octanol–water partition coefficient (Wildman–Crippen LogP) is 2.57. The molecule has 0 spiro atoms. The molecule has 2 heterocycles. The molecule has 2 N–H and O–H groups in total. The largest absolute Gasteiger partial charge is 0.398 e. The van der Waals surface area contributed by atoms with Crippen LogP contribution in [0.5, 0.6) is 0 Å². The Morgan fingerprint density at radius 3 is 2.63 bits per heavy atom. The van der Waals surface area contributed by atoms with E-state index in [4.69, 9.17) is 5.73 Å². The number of carbonyl (C=O) groups excluding carboxylic acids is 3. The number of benzene rings is 2. The summed E-state index contributed by atoms with van der Waals surface area (Å²) in [5, 5.41) is 0. The van der Waals surface area contributed by atoms with Gasteiger partial charge in [-0.2, -0.15) is 0 Å². The van der Waals surface area contributed by atoms with Crippen molar-refractivity contribution in [3.8, 4) is 0 Å². The highest BCUT2D eigenvalue weighted by Crippen LogP contribution is 2.32. The highest BCUT2D eigenvalue weighted by molar-refractivity contribution is 6.23. The second-order valence-electron chi connectivity index (χ2n) is 6.74. The summed E-state index contributed by atoms with van der Waals surface area (Å²) in [5.41, 5.74) is 10.0. The molecular formula is C20H20ClN3O3. The number of nitrogens with zero attached hydrogens (tertiary/aromatic N) is 2. The second-order valence-corrected chi connectivity index (χ2v) is 6.74. The molecule has 2 aromatic rings. The molecule has 2 aliphatic heterocycles. The fourth-order valence-electron chi connectivity index (χ4n) is 3.68. The zero-order valence-corrected chi connectivity index (χ0v) is 15.7. The maximum atomic E-state index is 12.9. The van der Waals surface area contributed by atoms with E-state index in [1.54, 1.807) is 23.1 Å². The number of aryl methyl sites for hydroxylation is 1. The molecule has 6 nitrogen and oxygen atoms in total. The van der Waals surface area contributed by atoms with Gasteiger partial charge in [0.2, 0.25) is 5.91 Å². The molecule has 0 unspecified atom stereocenters. The van der Waals surface area contributed by atoms with E-state index in [-0.39, 0.29) is 24.9 Å². The van der Waals surface area contributed by atoms with Gasteiger partial charge in [0, 0.05) is 17.9 Å². The Balaban J connectivity index is 0.00000210. The lowest BCUT2D eigenvalue weighted by Gasteiger charge is -2.31. The van der Waals surface area contributed by atoms with Gasteiger partial charge in [0.15, 0.2) is 0 Å². The number of hydrogen-bond donors (Lipinski definition) is 1. The van der Waals surface area contributed by atoms with Crippen LogP contribution >= 0.6 is 12.4 Å². The van der Waals surface area contributed by atoms with Crippen molar-refractivity contribution < 1.29 is 14.4 Å². The summed E-state index contributed by atoms with van der Waals surface area (Å²) >= 11 is 0. The van der Waals surface area contributed by atoms with Crippen molar-refractivity contribution >= 4 is 41.5 Å². The van der Waals surface area contributed by atoms with Crippen LogP contribution in [0.1, 0.15) is 38.3 Å². The fraction of sp³-hybridized carbons (Fsp3) is 0.250. The lowest BCUT2D eigenvalue weighted by atomic mass is 10.00. The van der Waals surface area contributed by atoms with Crippen LogP contribution in [-0.4, -0.2) is 35.7 Å². The average Bonchev–Trinajstić information content (AvgIpc) is 2.86. The number of rotatable bonds is 2. The summed E-state index contributed by atoms with van der Waals surface area (Å²) in [4.78, 5) is 40.7. The van der Waals surface area contributed by atoms with Crippen LogP contribution in [0, 0.1) is 6.92 Å². The Labute approximate surface area is 163 Å². The molecule has 0 radical (unpaired) electrons. The molecule has 0 bridgehead atoms. The van der Waals surface area contributed by atoms with Crippen molar-refractivity contribution in [3.05, 3.63) is 58.7 Å². The number of fused-ring (bicyclic) bond motifs is 2. The van der Waals surface area contributed by atoms with Crippen molar-refractivity contribution in [2.24, 2.45) is 0 Å². The van der Waals surface area contributed by atoms with E-state index in [0.717, 1.165) is 34.6 Å². The minimum Gasteiger partial charge on any atom is -0.398 e. The standard InChI is InChI=1S/C20H19N3O3.ClH/c1-12-7-8-13-15(10-12)20(26)23(19(13)25)11-18(24)22-9-3-4-14-16(21)5-2-6-17(14)22;/h2,5-8,10H,3-4,9,11,21H2,1H3;1H. The summed E-state index contributed by atoms with van der Waals surface area (Å²) in [6, 6.07) is 10.6. The molecule has 0 aliphatic carbocycles. The molecule has 0 atom stereocenters. The number of nitrogens with two attached hydrogens (primary N) is 1. The Hall–Kier alpha value is -2.86. The Kier molecular flexibility index (Phi) is 4.93. The van der Waals surface area contributed by atoms with Crippen molar-refractivity contribution in [1.82, 2.24) is 4.90 Å². The van der Waals surface area contributed by atoms with Gasteiger partial charge in [0.25, 0.3) is 11.8 Å². The van der Waals surface area contributed by atoms with Gasteiger partial charge in [-0.25, -0.2) is 0 Å². The topological polar surface area (TPSA) is 83.7 Å². The van der Waals surface area contributed by atoms with E-state index in [9.17, 15) is 14.4 Å². The molecule has 4 rings (SSSR count). The van der Waals surface area contributed by atoms with Crippen LogP contribution in [0.25, 0.3) is 0 Å².